The molecule has 5 nitrogen and oxygen atoms in total. The molecule has 0 spiro atoms. The van der Waals surface area contributed by atoms with E-state index in [1.165, 1.54) is 0 Å². The molecule has 1 N–H and O–H groups in total. The molecule has 2 aromatic heterocycles. The van der Waals surface area contributed by atoms with Gasteiger partial charge in [-0.15, -0.1) is 0 Å². The second kappa shape index (κ2) is 6.75. The van der Waals surface area contributed by atoms with Gasteiger partial charge in [0.1, 0.15) is 5.65 Å². The average molecular weight is 299 g/mol. The standard InChI is InChI=1S/C17H21N3O2/c21-12-9-14-5-1-3-11-20(14)17(22)8-7-15-13-18-16-6-2-4-10-19(15)16/h2,4,6-8,10,13-14,21H,1,3,5,9,11-12H2/b8-7+. The number of aromatic nitrogens is 2. The van der Waals surface area contributed by atoms with Gasteiger partial charge in [0.2, 0.25) is 5.91 Å². The summed E-state index contributed by atoms with van der Waals surface area (Å²) in [5.74, 6) is 0.0176. The molecule has 1 amide bonds. The summed E-state index contributed by atoms with van der Waals surface area (Å²) in [5.41, 5.74) is 1.75. The van der Waals surface area contributed by atoms with Crippen LogP contribution < -0.4 is 0 Å². The van der Waals surface area contributed by atoms with Gasteiger partial charge in [-0.2, -0.15) is 0 Å². The topological polar surface area (TPSA) is 57.8 Å². The van der Waals surface area contributed by atoms with Crippen molar-refractivity contribution >= 4 is 17.6 Å². The molecule has 3 heterocycles. The van der Waals surface area contributed by atoms with Gasteiger partial charge in [-0.1, -0.05) is 6.07 Å². The third-order valence-corrected chi connectivity index (χ3v) is 4.21. The van der Waals surface area contributed by atoms with Gasteiger partial charge in [0.05, 0.1) is 11.9 Å². The average Bonchev–Trinajstić information content (AvgIpc) is 2.97. The highest BCUT2D eigenvalue weighted by atomic mass is 16.3. The molecule has 0 aromatic carbocycles. The zero-order valence-electron chi connectivity index (χ0n) is 12.6. The molecular weight excluding hydrogens is 278 g/mol. The first-order valence-electron chi connectivity index (χ1n) is 7.81. The molecule has 1 unspecified atom stereocenters. The first-order chi connectivity index (χ1) is 10.8. The zero-order chi connectivity index (χ0) is 15.4. The maximum Gasteiger partial charge on any atom is 0.246 e. The largest absolute Gasteiger partial charge is 0.396 e. The molecule has 0 aliphatic carbocycles. The minimum atomic E-state index is 0.0176. The number of amides is 1. The van der Waals surface area contributed by atoms with Gasteiger partial charge in [-0.25, -0.2) is 4.98 Å². The van der Waals surface area contributed by atoms with E-state index in [1.54, 1.807) is 12.3 Å². The lowest BCUT2D eigenvalue weighted by Gasteiger charge is -2.34. The molecule has 0 saturated carbocycles. The Morgan fingerprint density at radius 1 is 1.41 bits per heavy atom. The van der Waals surface area contributed by atoms with Crippen molar-refractivity contribution in [1.82, 2.24) is 14.3 Å². The van der Waals surface area contributed by atoms with Gasteiger partial charge in [0.15, 0.2) is 0 Å². The van der Waals surface area contributed by atoms with Crippen LogP contribution in [0, 0.1) is 0 Å². The normalized spacial score (nSPS) is 19.1. The summed E-state index contributed by atoms with van der Waals surface area (Å²) >= 11 is 0. The van der Waals surface area contributed by atoms with E-state index in [-0.39, 0.29) is 18.6 Å². The first-order valence-corrected chi connectivity index (χ1v) is 7.81. The predicted octanol–water partition coefficient (Wildman–Crippen LogP) is 2.11. The molecular formula is C17H21N3O2. The van der Waals surface area contributed by atoms with Crippen molar-refractivity contribution < 1.29 is 9.90 Å². The highest BCUT2D eigenvalue weighted by Crippen LogP contribution is 2.20. The molecule has 1 fully saturated rings. The van der Waals surface area contributed by atoms with E-state index in [1.807, 2.05) is 39.8 Å². The molecule has 5 heteroatoms. The van der Waals surface area contributed by atoms with Gasteiger partial charge in [0.25, 0.3) is 0 Å². The SMILES string of the molecule is O=C(/C=C/c1cnc2ccccn12)N1CCCCC1CCO. The quantitative estimate of drug-likeness (QED) is 0.880. The van der Waals surface area contributed by atoms with Gasteiger partial charge >= 0.3 is 0 Å². The smallest absolute Gasteiger partial charge is 0.246 e. The van der Waals surface area contributed by atoms with Crippen LogP contribution in [0.25, 0.3) is 11.7 Å². The lowest BCUT2D eigenvalue weighted by molar-refractivity contribution is -0.129. The number of piperidine rings is 1. The van der Waals surface area contributed by atoms with E-state index in [2.05, 4.69) is 4.98 Å². The number of pyridine rings is 1. The van der Waals surface area contributed by atoms with E-state index in [0.717, 1.165) is 37.1 Å². The Hall–Kier alpha value is -2.14. The highest BCUT2D eigenvalue weighted by molar-refractivity contribution is 5.92. The number of hydrogen-bond acceptors (Lipinski definition) is 3. The van der Waals surface area contributed by atoms with E-state index in [9.17, 15) is 4.79 Å². The minimum Gasteiger partial charge on any atom is -0.396 e. The van der Waals surface area contributed by atoms with Crippen LogP contribution in [0.15, 0.2) is 36.7 Å². The van der Waals surface area contributed by atoms with E-state index < -0.39 is 0 Å². The molecule has 22 heavy (non-hydrogen) atoms. The third kappa shape index (κ3) is 3.04. The van der Waals surface area contributed by atoms with Crippen molar-refractivity contribution in [1.29, 1.82) is 0 Å². The molecule has 0 radical (unpaired) electrons. The lowest BCUT2D eigenvalue weighted by atomic mass is 9.99. The fourth-order valence-corrected chi connectivity index (χ4v) is 3.07. The summed E-state index contributed by atoms with van der Waals surface area (Å²) in [4.78, 5) is 18.6. The van der Waals surface area contributed by atoms with Crippen molar-refractivity contribution in [2.75, 3.05) is 13.2 Å². The summed E-state index contributed by atoms with van der Waals surface area (Å²) in [5, 5.41) is 9.15. The molecule has 3 rings (SSSR count). The molecule has 1 aliphatic heterocycles. The van der Waals surface area contributed by atoms with Crippen molar-refractivity contribution in [3.05, 3.63) is 42.4 Å². The van der Waals surface area contributed by atoms with Crippen molar-refractivity contribution in [3.8, 4) is 0 Å². The molecule has 2 aromatic rings. The summed E-state index contributed by atoms with van der Waals surface area (Å²) in [7, 11) is 0. The van der Waals surface area contributed by atoms with Gasteiger partial charge in [0, 0.05) is 31.5 Å². The van der Waals surface area contributed by atoms with Crippen LogP contribution >= 0.6 is 0 Å². The fourth-order valence-electron chi connectivity index (χ4n) is 3.07. The van der Waals surface area contributed by atoms with Crippen LogP contribution in [0.1, 0.15) is 31.4 Å². The van der Waals surface area contributed by atoms with Crippen molar-refractivity contribution in [3.63, 3.8) is 0 Å². The number of imidazole rings is 1. The Bertz CT molecular complexity index is 675. The van der Waals surface area contributed by atoms with E-state index >= 15 is 0 Å². The second-order valence-corrected chi connectivity index (χ2v) is 5.64. The molecule has 1 aliphatic rings. The first kappa shape index (κ1) is 14.8. The third-order valence-electron chi connectivity index (χ3n) is 4.21. The maximum atomic E-state index is 12.4. The summed E-state index contributed by atoms with van der Waals surface area (Å²) in [6, 6.07) is 5.98. The van der Waals surface area contributed by atoms with Crippen LogP contribution in [0.4, 0.5) is 0 Å². The number of rotatable bonds is 4. The van der Waals surface area contributed by atoms with Crippen LogP contribution in [0.3, 0.4) is 0 Å². The van der Waals surface area contributed by atoms with Gasteiger partial charge in [-0.3, -0.25) is 4.79 Å². The minimum absolute atomic E-state index is 0.0176. The summed E-state index contributed by atoms with van der Waals surface area (Å²) in [6.07, 6.45) is 10.9. The Kier molecular flexibility index (Phi) is 4.53. The number of carbonyl (C=O) groups is 1. The maximum absolute atomic E-state index is 12.4. The molecule has 1 saturated heterocycles. The Morgan fingerprint density at radius 2 is 2.32 bits per heavy atom. The second-order valence-electron chi connectivity index (χ2n) is 5.64. The van der Waals surface area contributed by atoms with Gasteiger partial charge in [-0.05, 0) is 43.9 Å². The van der Waals surface area contributed by atoms with Gasteiger partial charge < -0.3 is 14.4 Å². The number of carbonyl (C=O) groups excluding carboxylic acids is 1. The van der Waals surface area contributed by atoms with E-state index in [0.29, 0.717) is 6.42 Å². The zero-order valence-corrected chi connectivity index (χ0v) is 12.6. The van der Waals surface area contributed by atoms with Crippen LogP contribution in [0.2, 0.25) is 0 Å². The van der Waals surface area contributed by atoms with Crippen molar-refractivity contribution in [2.45, 2.75) is 31.7 Å². The van der Waals surface area contributed by atoms with Crippen LogP contribution in [-0.4, -0.2) is 44.5 Å². The number of hydrogen-bond donors (Lipinski definition) is 1. The highest BCUT2D eigenvalue weighted by Gasteiger charge is 2.24. The Morgan fingerprint density at radius 3 is 3.18 bits per heavy atom. The van der Waals surface area contributed by atoms with Crippen molar-refractivity contribution in [2.24, 2.45) is 0 Å². The fraction of sp³-hybridized carbons (Fsp3) is 0.412. The summed E-state index contributed by atoms with van der Waals surface area (Å²) in [6.45, 7) is 0.909. The number of fused-ring (bicyclic) bond motifs is 1. The Balaban J connectivity index is 1.75. The molecule has 116 valence electrons. The van der Waals surface area contributed by atoms with Crippen LogP contribution in [0.5, 0.6) is 0 Å². The Labute approximate surface area is 129 Å². The number of aliphatic hydroxyl groups excluding tert-OH is 1. The monoisotopic (exact) mass is 299 g/mol. The molecule has 0 bridgehead atoms. The van der Waals surface area contributed by atoms with Crippen LogP contribution in [-0.2, 0) is 4.79 Å². The molecule has 1 atom stereocenters. The number of nitrogens with zero attached hydrogens (tertiary/aromatic N) is 3. The predicted molar refractivity (Wildman–Crippen MR) is 85.3 cm³/mol. The lowest BCUT2D eigenvalue weighted by Crippen LogP contribution is -2.43. The number of likely N-dealkylation sites (tertiary alicyclic amines) is 1. The van der Waals surface area contributed by atoms with E-state index in [4.69, 9.17) is 5.11 Å². The number of aliphatic hydroxyl groups is 1. The summed E-state index contributed by atoms with van der Waals surface area (Å²) < 4.78 is 1.95.